The van der Waals surface area contributed by atoms with Crippen molar-refractivity contribution < 1.29 is 0 Å². The lowest BCUT2D eigenvalue weighted by Gasteiger charge is -2.24. The summed E-state index contributed by atoms with van der Waals surface area (Å²) in [6, 6.07) is 10.7. The molecule has 1 N–H and O–H groups in total. The maximum absolute atomic E-state index is 3.57. The second-order valence-electron chi connectivity index (χ2n) is 5.46. The lowest BCUT2D eigenvalue weighted by atomic mass is 9.90. The summed E-state index contributed by atoms with van der Waals surface area (Å²) in [7, 11) is 0. The van der Waals surface area contributed by atoms with Gasteiger partial charge in [-0.2, -0.15) is 0 Å². The van der Waals surface area contributed by atoms with Crippen molar-refractivity contribution in [2.75, 3.05) is 13.1 Å². The first-order valence-corrected chi connectivity index (χ1v) is 6.31. The van der Waals surface area contributed by atoms with Crippen LogP contribution in [0.25, 0.3) is 0 Å². The summed E-state index contributed by atoms with van der Waals surface area (Å²) >= 11 is 0. The molecule has 0 radical (unpaired) electrons. The van der Waals surface area contributed by atoms with Crippen molar-refractivity contribution in [3.8, 4) is 0 Å². The van der Waals surface area contributed by atoms with Gasteiger partial charge in [-0.1, -0.05) is 58.0 Å². The number of rotatable bonds is 6. The third-order valence-corrected chi connectivity index (χ3v) is 3.38. The first-order valence-electron chi connectivity index (χ1n) is 6.31. The Balaban J connectivity index is 2.34. The molecule has 0 amide bonds. The summed E-state index contributed by atoms with van der Waals surface area (Å²) in [5.74, 6) is 0.592. The van der Waals surface area contributed by atoms with Crippen LogP contribution in [0.15, 0.2) is 30.3 Å². The Bertz CT molecular complexity index is 290. The van der Waals surface area contributed by atoms with Gasteiger partial charge < -0.3 is 5.32 Å². The average molecular weight is 219 g/mol. The molecule has 0 aliphatic rings. The molecule has 16 heavy (non-hydrogen) atoms. The van der Waals surface area contributed by atoms with Crippen LogP contribution in [-0.4, -0.2) is 13.1 Å². The van der Waals surface area contributed by atoms with Crippen molar-refractivity contribution in [1.82, 2.24) is 5.32 Å². The second-order valence-corrected chi connectivity index (χ2v) is 5.46. The summed E-state index contributed by atoms with van der Waals surface area (Å²) in [5, 5.41) is 3.57. The van der Waals surface area contributed by atoms with Crippen molar-refractivity contribution >= 4 is 0 Å². The van der Waals surface area contributed by atoms with Gasteiger partial charge in [0.1, 0.15) is 0 Å². The van der Waals surface area contributed by atoms with Gasteiger partial charge in [-0.25, -0.2) is 0 Å². The van der Waals surface area contributed by atoms with Crippen LogP contribution < -0.4 is 5.32 Å². The summed E-state index contributed by atoms with van der Waals surface area (Å²) in [6.07, 6.45) is 1.22. The van der Waals surface area contributed by atoms with Gasteiger partial charge in [0.2, 0.25) is 0 Å². The van der Waals surface area contributed by atoms with E-state index in [4.69, 9.17) is 0 Å². The molecular formula is C15H25N. The van der Waals surface area contributed by atoms with Crippen LogP contribution in [0.2, 0.25) is 0 Å². The van der Waals surface area contributed by atoms with Gasteiger partial charge in [0.25, 0.3) is 0 Å². The Hall–Kier alpha value is -0.820. The van der Waals surface area contributed by atoms with Crippen molar-refractivity contribution in [1.29, 1.82) is 0 Å². The van der Waals surface area contributed by atoms with E-state index in [2.05, 4.69) is 63.3 Å². The Labute approximate surface area is 100 Å². The van der Waals surface area contributed by atoms with E-state index in [1.807, 2.05) is 0 Å². The highest BCUT2D eigenvalue weighted by atomic mass is 14.9. The standard InChI is InChI=1S/C15H25N/c1-5-15(3,4)12-16-11-13(2)14-9-7-6-8-10-14/h6-10,13,16H,5,11-12H2,1-4H3. The first-order chi connectivity index (χ1) is 7.55. The van der Waals surface area contributed by atoms with Gasteiger partial charge in [-0.15, -0.1) is 0 Å². The molecule has 0 aliphatic carbocycles. The normalized spacial score (nSPS) is 13.8. The zero-order valence-corrected chi connectivity index (χ0v) is 11.1. The average Bonchev–Trinajstić information content (AvgIpc) is 2.30. The second kappa shape index (κ2) is 6.05. The summed E-state index contributed by atoms with van der Waals surface area (Å²) in [6.45, 7) is 11.3. The van der Waals surface area contributed by atoms with Gasteiger partial charge in [0, 0.05) is 13.1 Å². The highest BCUT2D eigenvalue weighted by molar-refractivity contribution is 5.18. The molecule has 0 bridgehead atoms. The number of hydrogen-bond acceptors (Lipinski definition) is 1. The van der Waals surface area contributed by atoms with Crippen LogP contribution in [0.4, 0.5) is 0 Å². The minimum atomic E-state index is 0.413. The van der Waals surface area contributed by atoms with Crippen LogP contribution in [0.1, 0.15) is 45.6 Å². The van der Waals surface area contributed by atoms with Crippen LogP contribution in [0, 0.1) is 5.41 Å². The van der Waals surface area contributed by atoms with Gasteiger partial charge in [0.05, 0.1) is 0 Å². The van der Waals surface area contributed by atoms with E-state index in [1.165, 1.54) is 12.0 Å². The molecular weight excluding hydrogens is 194 g/mol. The van der Waals surface area contributed by atoms with Crippen molar-refractivity contribution in [2.24, 2.45) is 5.41 Å². The highest BCUT2D eigenvalue weighted by Crippen LogP contribution is 2.19. The molecule has 1 unspecified atom stereocenters. The zero-order chi connectivity index (χ0) is 12.0. The predicted octanol–water partition coefficient (Wildman–Crippen LogP) is 3.82. The fourth-order valence-electron chi connectivity index (χ4n) is 1.65. The monoisotopic (exact) mass is 219 g/mol. The van der Waals surface area contributed by atoms with Gasteiger partial charge in [-0.05, 0) is 23.3 Å². The maximum Gasteiger partial charge on any atom is 0.00177 e. The molecule has 0 aromatic heterocycles. The summed E-state index contributed by atoms with van der Waals surface area (Å²) in [4.78, 5) is 0. The summed E-state index contributed by atoms with van der Waals surface area (Å²) in [5.41, 5.74) is 1.83. The zero-order valence-electron chi connectivity index (χ0n) is 11.1. The number of hydrogen-bond donors (Lipinski definition) is 1. The molecule has 1 nitrogen and oxygen atoms in total. The molecule has 0 heterocycles. The topological polar surface area (TPSA) is 12.0 Å². The summed E-state index contributed by atoms with van der Waals surface area (Å²) < 4.78 is 0. The molecule has 1 atom stereocenters. The van der Waals surface area contributed by atoms with Crippen LogP contribution >= 0.6 is 0 Å². The molecule has 0 aliphatic heterocycles. The lowest BCUT2D eigenvalue weighted by molar-refractivity contribution is 0.326. The fourth-order valence-corrected chi connectivity index (χ4v) is 1.65. The van der Waals surface area contributed by atoms with Crippen LogP contribution in [0.5, 0.6) is 0 Å². The highest BCUT2D eigenvalue weighted by Gasteiger charge is 2.14. The van der Waals surface area contributed by atoms with Crippen LogP contribution in [0.3, 0.4) is 0 Å². The number of nitrogens with one attached hydrogen (secondary N) is 1. The van der Waals surface area contributed by atoms with E-state index in [0.29, 0.717) is 11.3 Å². The van der Waals surface area contributed by atoms with E-state index >= 15 is 0 Å². The largest absolute Gasteiger partial charge is 0.316 e. The Morgan fingerprint density at radius 1 is 1.19 bits per heavy atom. The Morgan fingerprint density at radius 2 is 1.81 bits per heavy atom. The van der Waals surface area contributed by atoms with Crippen LogP contribution in [-0.2, 0) is 0 Å². The Kier molecular flexibility index (Phi) is 5.01. The molecule has 0 spiro atoms. The third-order valence-electron chi connectivity index (χ3n) is 3.38. The van der Waals surface area contributed by atoms with Gasteiger partial charge >= 0.3 is 0 Å². The minimum Gasteiger partial charge on any atom is -0.316 e. The third kappa shape index (κ3) is 4.36. The molecule has 1 aromatic rings. The van der Waals surface area contributed by atoms with Gasteiger partial charge in [0.15, 0.2) is 0 Å². The molecule has 0 fully saturated rings. The molecule has 0 saturated carbocycles. The molecule has 0 saturated heterocycles. The van der Waals surface area contributed by atoms with E-state index in [1.54, 1.807) is 0 Å². The predicted molar refractivity (Wildman–Crippen MR) is 71.8 cm³/mol. The SMILES string of the molecule is CCC(C)(C)CNCC(C)c1ccccc1. The van der Waals surface area contributed by atoms with Crippen molar-refractivity contribution in [3.05, 3.63) is 35.9 Å². The van der Waals surface area contributed by atoms with Gasteiger partial charge in [-0.3, -0.25) is 0 Å². The van der Waals surface area contributed by atoms with Crippen molar-refractivity contribution in [2.45, 2.75) is 40.0 Å². The van der Waals surface area contributed by atoms with Crippen molar-refractivity contribution in [3.63, 3.8) is 0 Å². The fraction of sp³-hybridized carbons (Fsp3) is 0.600. The van der Waals surface area contributed by atoms with E-state index in [9.17, 15) is 0 Å². The first kappa shape index (κ1) is 13.2. The lowest BCUT2D eigenvalue weighted by Crippen LogP contribution is -2.31. The number of benzene rings is 1. The molecule has 1 heteroatoms. The van der Waals surface area contributed by atoms with E-state index in [-0.39, 0.29) is 0 Å². The van der Waals surface area contributed by atoms with E-state index in [0.717, 1.165) is 13.1 Å². The smallest absolute Gasteiger partial charge is 0.00177 e. The molecule has 90 valence electrons. The molecule has 1 aromatic carbocycles. The quantitative estimate of drug-likeness (QED) is 0.767. The van der Waals surface area contributed by atoms with E-state index < -0.39 is 0 Å². The Morgan fingerprint density at radius 3 is 2.38 bits per heavy atom. The maximum atomic E-state index is 3.57. The minimum absolute atomic E-state index is 0.413. The molecule has 1 rings (SSSR count).